The molecule has 2 aliphatic heterocycles. The Labute approximate surface area is 133 Å². The van der Waals surface area contributed by atoms with Crippen LogP contribution in [0.2, 0.25) is 0 Å². The van der Waals surface area contributed by atoms with Gasteiger partial charge in [-0.05, 0) is 24.3 Å². The third-order valence-corrected chi connectivity index (χ3v) is 4.00. The first kappa shape index (κ1) is 14.2. The highest BCUT2D eigenvalue weighted by atomic mass is 16.7. The summed E-state index contributed by atoms with van der Waals surface area (Å²) in [6, 6.07) is 7.63. The van der Waals surface area contributed by atoms with Crippen LogP contribution in [0.25, 0.3) is 0 Å². The van der Waals surface area contributed by atoms with E-state index < -0.39 is 0 Å². The second-order valence-electron chi connectivity index (χ2n) is 5.73. The molecule has 2 aliphatic rings. The number of ether oxygens (including phenoxy) is 4. The molecule has 6 heteroatoms. The van der Waals surface area contributed by atoms with Gasteiger partial charge in [-0.1, -0.05) is 0 Å². The maximum atomic E-state index is 6.02. The number of nitrogens with two attached hydrogens (primary N) is 2. The Balaban J connectivity index is 1.77. The number of rotatable bonds is 2. The lowest BCUT2D eigenvalue weighted by atomic mass is 9.97. The summed E-state index contributed by atoms with van der Waals surface area (Å²) < 4.78 is 22.0. The molecule has 2 aromatic carbocycles. The molecule has 4 N–H and O–H groups in total. The third-order valence-electron chi connectivity index (χ3n) is 4.00. The minimum absolute atomic E-state index is 0.253. The zero-order chi connectivity index (χ0) is 15.8. The van der Waals surface area contributed by atoms with Gasteiger partial charge in [-0.25, -0.2) is 0 Å². The fourth-order valence-corrected chi connectivity index (χ4v) is 3.12. The second-order valence-corrected chi connectivity index (χ2v) is 5.73. The standard InChI is InChI=1S/C17H18N2O4/c18-14-2-10(16-12(4-14)6-20-8-22-16)1-11-3-15(19)5-13-7-21-9-23-17(11)13/h2-5H,1,6-9,18-19H2. The summed E-state index contributed by atoms with van der Waals surface area (Å²) in [4.78, 5) is 0. The van der Waals surface area contributed by atoms with Crippen molar-refractivity contribution in [3.05, 3.63) is 46.5 Å². The summed E-state index contributed by atoms with van der Waals surface area (Å²) in [5.41, 5.74) is 17.4. The van der Waals surface area contributed by atoms with Crippen molar-refractivity contribution in [1.29, 1.82) is 0 Å². The molecule has 0 saturated carbocycles. The fraction of sp³-hybridized carbons (Fsp3) is 0.294. The van der Waals surface area contributed by atoms with Crippen LogP contribution in [0, 0.1) is 0 Å². The Bertz CT molecular complexity index is 697. The summed E-state index contributed by atoms with van der Waals surface area (Å²) in [6.07, 6.45) is 0.626. The van der Waals surface area contributed by atoms with Crippen molar-refractivity contribution in [2.24, 2.45) is 0 Å². The lowest BCUT2D eigenvalue weighted by Gasteiger charge is -2.24. The van der Waals surface area contributed by atoms with Gasteiger partial charge in [-0.15, -0.1) is 0 Å². The quantitative estimate of drug-likeness (QED) is 0.826. The summed E-state index contributed by atoms with van der Waals surface area (Å²) in [7, 11) is 0. The zero-order valence-electron chi connectivity index (χ0n) is 12.6. The highest BCUT2D eigenvalue weighted by molar-refractivity contribution is 5.59. The Hall–Kier alpha value is -2.44. The van der Waals surface area contributed by atoms with Gasteiger partial charge >= 0.3 is 0 Å². The van der Waals surface area contributed by atoms with Crippen LogP contribution in [0.5, 0.6) is 11.5 Å². The molecule has 2 aromatic rings. The molecule has 0 unspecified atom stereocenters. The van der Waals surface area contributed by atoms with Crippen LogP contribution in [0.3, 0.4) is 0 Å². The first-order chi connectivity index (χ1) is 11.2. The Kier molecular flexibility index (Phi) is 3.48. The summed E-state index contributed by atoms with van der Waals surface area (Å²) in [5, 5.41) is 0. The lowest BCUT2D eigenvalue weighted by molar-refractivity contribution is -0.0176. The van der Waals surface area contributed by atoms with E-state index >= 15 is 0 Å². The number of nitrogen functional groups attached to an aromatic ring is 2. The highest BCUT2D eigenvalue weighted by Crippen LogP contribution is 2.37. The first-order valence-electron chi connectivity index (χ1n) is 7.44. The monoisotopic (exact) mass is 314 g/mol. The minimum Gasteiger partial charge on any atom is -0.467 e. The summed E-state index contributed by atoms with van der Waals surface area (Å²) in [6.45, 7) is 1.52. The van der Waals surface area contributed by atoms with Crippen LogP contribution >= 0.6 is 0 Å². The van der Waals surface area contributed by atoms with E-state index in [2.05, 4.69) is 0 Å². The normalized spacial score (nSPS) is 16.0. The van der Waals surface area contributed by atoms with Crippen molar-refractivity contribution >= 4 is 11.4 Å². The molecule has 0 amide bonds. The smallest absolute Gasteiger partial charge is 0.189 e. The van der Waals surface area contributed by atoms with Crippen LogP contribution in [0.1, 0.15) is 22.3 Å². The van der Waals surface area contributed by atoms with Crippen molar-refractivity contribution in [3.63, 3.8) is 0 Å². The van der Waals surface area contributed by atoms with E-state index in [9.17, 15) is 0 Å². The summed E-state index contributed by atoms with van der Waals surface area (Å²) in [5.74, 6) is 1.68. The van der Waals surface area contributed by atoms with Gasteiger partial charge < -0.3 is 30.4 Å². The topological polar surface area (TPSA) is 89.0 Å². The first-order valence-corrected chi connectivity index (χ1v) is 7.44. The van der Waals surface area contributed by atoms with E-state index in [1.807, 2.05) is 24.3 Å². The summed E-state index contributed by atoms with van der Waals surface area (Å²) >= 11 is 0. The molecule has 4 rings (SSSR count). The van der Waals surface area contributed by atoms with Crippen LogP contribution in [0.4, 0.5) is 11.4 Å². The van der Waals surface area contributed by atoms with Gasteiger partial charge in [0, 0.05) is 40.0 Å². The van der Waals surface area contributed by atoms with E-state index in [-0.39, 0.29) is 13.6 Å². The number of fused-ring (bicyclic) bond motifs is 2. The molecule has 6 nitrogen and oxygen atoms in total. The number of hydrogen-bond acceptors (Lipinski definition) is 6. The molecule has 0 radical (unpaired) electrons. The average molecular weight is 314 g/mol. The zero-order valence-corrected chi connectivity index (χ0v) is 12.6. The predicted octanol–water partition coefficient (Wildman–Crippen LogP) is 2.17. The Morgan fingerprint density at radius 2 is 1.22 bits per heavy atom. The van der Waals surface area contributed by atoms with Crippen LogP contribution in [0.15, 0.2) is 24.3 Å². The molecule has 23 heavy (non-hydrogen) atoms. The Morgan fingerprint density at radius 1 is 0.739 bits per heavy atom. The van der Waals surface area contributed by atoms with E-state index in [4.69, 9.17) is 30.4 Å². The predicted molar refractivity (Wildman–Crippen MR) is 85.1 cm³/mol. The molecule has 0 spiro atoms. The van der Waals surface area contributed by atoms with Crippen molar-refractivity contribution in [1.82, 2.24) is 0 Å². The Morgan fingerprint density at radius 3 is 1.70 bits per heavy atom. The SMILES string of the molecule is Nc1cc2c(c(Cc3cc(N)cc4c3OCOC4)c1)OCOC2. The van der Waals surface area contributed by atoms with Gasteiger partial charge in [0.1, 0.15) is 11.5 Å². The van der Waals surface area contributed by atoms with Gasteiger partial charge in [0.05, 0.1) is 13.2 Å². The number of hydrogen-bond donors (Lipinski definition) is 2. The second kappa shape index (κ2) is 5.64. The minimum atomic E-state index is 0.253. The van der Waals surface area contributed by atoms with Gasteiger partial charge in [0.2, 0.25) is 0 Å². The van der Waals surface area contributed by atoms with Crippen LogP contribution < -0.4 is 20.9 Å². The van der Waals surface area contributed by atoms with Crippen molar-refractivity contribution in [2.75, 3.05) is 25.1 Å². The molecular weight excluding hydrogens is 296 g/mol. The van der Waals surface area contributed by atoms with Crippen LogP contribution in [-0.2, 0) is 29.1 Å². The average Bonchev–Trinajstić information content (AvgIpc) is 2.54. The molecule has 0 atom stereocenters. The molecule has 120 valence electrons. The van der Waals surface area contributed by atoms with Crippen molar-refractivity contribution in [3.8, 4) is 11.5 Å². The third kappa shape index (κ3) is 2.67. The molecule has 0 aliphatic carbocycles. The van der Waals surface area contributed by atoms with Crippen molar-refractivity contribution in [2.45, 2.75) is 19.6 Å². The van der Waals surface area contributed by atoms with Crippen LogP contribution in [-0.4, -0.2) is 13.6 Å². The molecule has 0 bridgehead atoms. The van der Waals surface area contributed by atoms with E-state index in [1.165, 1.54) is 0 Å². The molecule has 0 aromatic heterocycles. The highest BCUT2D eigenvalue weighted by Gasteiger charge is 2.20. The van der Waals surface area contributed by atoms with Gasteiger partial charge in [0.25, 0.3) is 0 Å². The van der Waals surface area contributed by atoms with E-state index in [0.29, 0.717) is 31.0 Å². The van der Waals surface area contributed by atoms with Gasteiger partial charge in [0.15, 0.2) is 13.6 Å². The molecule has 2 heterocycles. The molecule has 0 saturated heterocycles. The lowest BCUT2D eigenvalue weighted by Crippen LogP contribution is -2.16. The molecule has 0 fully saturated rings. The number of benzene rings is 2. The van der Waals surface area contributed by atoms with Gasteiger partial charge in [-0.2, -0.15) is 0 Å². The molecular formula is C17H18N2O4. The largest absolute Gasteiger partial charge is 0.467 e. The fourth-order valence-electron chi connectivity index (χ4n) is 3.12. The van der Waals surface area contributed by atoms with E-state index in [1.54, 1.807) is 0 Å². The maximum absolute atomic E-state index is 6.02. The van der Waals surface area contributed by atoms with E-state index in [0.717, 1.165) is 33.8 Å². The maximum Gasteiger partial charge on any atom is 0.189 e. The van der Waals surface area contributed by atoms with Crippen molar-refractivity contribution < 1.29 is 18.9 Å². The van der Waals surface area contributed by atoms with Gasteiger partial charge in [-0.3, -0.25) is 0 Å². The number of anilines is 2.